The van der Waals surface area contributed by atoms with Crippen LogP contribution < -0.4 is 10.2 Å². The summed E-state index contributed by atoms with van der Waals surface area (Å²) in [6, 6.07) is 3.57. The molecule has 4 rings (SSSR count). The van der Waals surface area contributed by atoms with E-state index < -0.39 is 11.7 Å². The Labute approximate surface area is 200 Å². The number of piperidine rings is 1. The van der Waals surface area contributed by atoms with Gasteiger partial charge in [-0.25, -0.2) is 9.50 Å². The lowest BCUT2D eigenvalue weighted by atomic mass is 10.1. The Kier molecular flexibility index (Phi) is 7.01. The molecule has 0 unspecified atom stereocenters. The zero-order valence-corrected chi connectivity index (χ0v) is 20.2. The molecule has 0 spiro atoms. The smallest absolute Gasteiger partial charge is 0.370 e. The van der Waals surface area contributed by atoms with Gasteiger partial charge < -0.3 is 10.2 Å². The normalized spacial score (nSPS) is 14.6. The van der Waals surface area contributed by atoms with Gasteiger partial charge in [-0.05, 0) is 69.5 Å². The van der Waals surface area contributed by atoms with Gasteiger partial charge in [0.2, 0.25) is 11.1 Å². The predicted molar refractivity (Wildman–Crippen MR) is 126 cm³/mol. The number of hydrogen-bond donors (Lipinski definition) is 1. The zero-order valence-electron chi connectivity index (χ0n) is 19.4. The highest BCUT2D eigenvalue weighted by atomic mass is 32.2. The molecule has 0 saturated carbocycles. The third kappa shape index (κ3) is 5.13. The van der Waals surface area contributed by atoms with Crippen molar-refractivity contribution in [2.24, 2.45) is 0 Å². The Morgan fingerprint density at radius 3 is 2.56 bits per heavy atom. The highest BCUT2D eigenvalue weighted by Gasteiger charge is 2.32. The molecule has 1 aromatic carbocycles. The number of halogens is 3. The number of carbonyl (C=O) groups is 1. The van der Waals surface area contributed by atoms with Crippen molar-refractivity contribution >= 4 is 34.8 Å². The van der Waals surface area contributed by atoms with Crippen LogP contribution in [0.3, 0.4) is 0 Å². The third-order valence-electron chi connectivity index (χ3n) is 6.11. The van der Waals surface area contributed by atoms with Crippen LogP contribution in [0.2, 0.25) is 0 Å². The van der Waals surface area contributed by atoms with Crippen LogP contribution in [0.5, 0.6) is 0 Å². The van der Waals surface area contributed by atoms with Crippen LogP contribution in [-0.4, -0.2) is 44.8 Å². The maximum Gasteiger partial charge on any atom is 0.416 e. The number of anilines is 2. The summed E-state index contributed by atoms with van der Waals surface area (Å²) in [7, 11) is 0. The molecule has 3 aromatic rings. The van der Waals surface area contributed by atoms with Crippen LogP contribution in [0, 0.1) is 13.8 Å². The van der Waals surface area contributed by atoms with E-state index in [2.05, 4.69) is 20.4 Å². The third-order valence-corrected chi connectivity index (χ3v) is 6.65. The number of benzene rings is 1. The van der Waals surface area contributed by atoms with Gasteiger partial charge in [-0.3, -0.25) is 4.79 Å². The second-order valence-electron chi connectivity index (χ2n) is 8.40. The molecule has 2 aromatic heterocycles. The number of aromatic nitrogens is 4. The number of aryl methyl sites for hydroxylation is 2. The Morgan fingerprint density at radius 1 is 1.15 bits per heavy atom. The van der Waals surface area contributed by atoms with Gasteiger partial charge in [0, 0.05) is 30.9 Å². The first-order valence-electron chi connectivity index (χ1n) is 11.2. The van der Waals surface area contributed by atoms with Gasteiger partial charge in [0.25, 0.3) is 5.78 Å². The summed E-state index contributed by atoms with van der Waals surface area (Å²) in [6.07, 6.45) is 0.941. The molecule has 34 heavy (non-hydrogen) atoms. The molecular weight excluding hydrogens is 465 g/mol. The first-order chi connectivity index (χ1) is 16.2. The number of hydrogen-bond acceptors (Lipinski definition) is 6. The molecule has 0 aliphatic carbocycles. The van der Waals surface area contributed by atoms with E-state index >= 15 is 0 Å². The van der Waals surface area contributed by atoms with E-state index in [0.717, 1.165) is 61.4 Å². The summed E-state index contributed by atoms with van der Waals surface area (Å²) in [4.78, 5) is 23.7. The molecule has 7 nitrogen and oxygen atoms in total. The predicted octanol–water partition coefficient (Wildman–Crippen LogP) is 5.04. The van der Waals surface area contributed by atoms with Crippen molar-refractivity contribution in [1.29, 1.82) is 0 Å². The Morgan fingerprint density at radius 2 is 1.88 bits per heavy atom. The first kappa shape index (κ1) is 24.3. The molecule has 182 valence electrons. The van der Waals surface area contributed by atoms with Gasteiger partial charge in [-0.15, -0.1) is 5.10 Å². The number of rotatable bonds is 6. The van der Waals surface area contributed by atoms with E-state index in [0.29, 0.717) is 23.0 Å². The van der Waals surface area contributed by atoms with Crippen molar-refractivity contribution < 1.29 is 18.0 Å². The molecule has 1 aliphatic rings. The lowest BCUT2D eigenvalue weighted by Gasteiger charge is -2.31. The summed E-state index contributed by atoms with van der Waals surface area (Å²) in [5.74, 6) is 0.155. The number of carbonyl (C=O) groups excluding carboxylic acids is 1. The van der Waals surface area contributed by atoms with Gasteiger partial charge >= 0.3 is 6.18 Å². The van der Waals surface area contributed by atoms with Gasteiger partial charge in [-0.1, -0.05) is 11.8 Å². The quantitative estimate of drug-likeness (QED) is 0.486. The number of fused-ring (bicyclic) bond motifs is 1. The van der Waals surface area contributed by atoms with E-state index in [9.17, 15) is 18.0 Å². The molecule has 1 N–H and O–H groups in total. The summed E-state index contributed by atoms with van der Waals surface area (Å²) < 4.78 is 41.7. The van der Waals surface area contributed by atoms with Crippen molar-refractivity contribution in [1.82, 2.24) is 19.6 Å². The molecule has 1 fully saturated rings. The van der Waals surface area contributed by atoms with Gasteiger partial charge in [0.15, 0.2) is 0 Å². The van der Waals surface area contributed by atoms with Crippen LogP contribution >= 0.6 is 11.8 Å². The molecule has 1 aliphatic heterocycles. The highest BCUT2D eigenvalue weighted by Crippen LogP contribution is 2.36. The second-order valence-corrected chi connectivity index (χ2v) is 9.17. The monoisotopic (exact) mass is 492 g/mol. The highest BCUT2D eigenvalue weighted by molar-refractivity contribution is 7.98. The van der Waals surface area contributed by atoms with Crippen LogP contribution in [0.25, 0.3) is 5.78 Å². The molecule has 0 bridgehead atoms. The molecule has 11 heteroatoms. The van der Waals surface area contributed by atoms with E-state index in [-0.39, 0.29) is 18.0 Å². The van der Waals surface area contributed by atoms with E-state index in [1.165, 1.54) is 17.8 Å². The molecular formula is C23H27F3N6OS. The zero-order chi connectivity index (χ0) is 24.5. The summed E-state index contributed by atoms with van der Waals surface area (Å²) in [5.41, 5.74) is 2.52. The van der Waals surface area contributed by atoms with Crippen molar-refractivity contribution in [3.8, 4) is 0 Å². The Bertz CT molecular complexity index is 1200. The fourth-order valence-corrected chi connectivity index (χ4v) is 4.65. The molecule has 3 heterocycles. The minimum Gasteiger partial charge on any atom is -0.370 e. The topological polar surface area (TPSA) is 75.4 Å². The minimum atomic E-state index is -4.48. The van der Waals surface area contributed by atoms with Crippen molar-refractivity contribution in [3.63, 3.8) is 0 Å². The van der Waals surface area contributed by atoms with Crippen molar-refractivity contribution in [2.75, 3.05) is 29.6 Å². The standard InChI is InChI=1S/C23H27F3N6OS/c1-14-17(15(2)32-21(27-14)29-22(30-32)34-3)8-10-20(33)28-18-13-16(23(24,25)26)7-9-19(18)31-11-5-4-6-12-31/h7,9,13H,4-6,8,10-12H2,1-3H3,(H,28,33). The van der Waals surface area contributed by atoms with E-state index in [1.54, 1.807) is 4.52 Å². The summed E-state index contributed by atoms with van der Waals surface area (Å²) in [5, 5.41) is 7.77. The van der Waals surface area contributed by atoms with Gasteiger partial charge in [-0.2, -0.15) is 18.2 Å². The van der Waals surface area contributed by atoms with E-state index in [4.69, 9.17) is 0 Å². The van der Waals surface area contributed by atoms with Crippen LogP contribution in [0.1, 0.15) is 48.2 Å². The van der Waals surface area contributed by atoms with Crippen LogP contribution in [-0.2, 0) is 17.4 Å². The largest absolute Gasteiger partial charge is 0.416 e. The summed E-state index contributed by atoms with van der Waals surface area (Å²) in [6.45, 7) is 5.27. The average molecular weight is 493 g/mol. The fourth-order valence-electron chi connectivity index (χ4n) is 4.31. The second kappa shape index (κ2) is 9.81. The fraction of sp³-hybridized carbons (Fsp3) is 0.478. The molecule has 1 saturated heterocycles. The number of alkyl halides is 3. The van der Waals surface area contributed by atoms with Crippen LogP contribution in [0.4, 0.5) is 24.5 Å². The molecule has 0 atom stereocenters. The maximum atomic E-state index is 13.3. The first-order valence-corrected chi connectivity index (χ1v) is 12.4. The SMILES string of the molecule is CSc1nc2nc(C)c(CCC(=O)Nc3cc(C(F)(F)F)ccc3N3CCCCC3)c(C)n2n1. The van der Waals surface area contributed by atoms with Gasteiger partial charge in [0.1, 0.15) is 0 Å². The maximum absolute atomic E-state index is 13.3. The number of thioether (sulfide) groups is 1. The molecule has 0 radical (unpaired) electrons. The lowest BCUT2D eigenvalue weighted by molar-refractivity contribution is -0.137. The minimum absolute atomic E-state index is 0.106. The van der Waals surface area contributed by atoms with Crippen molar-refractivity contribution in [3.05, 3.63) is 40.7 Å². The average Bonchev–Trinajstić information content (AvgIpc) is 3.22. The van der Waals surface area contributed by atoms with Crippen LogP contribution in [0.15, 0.2) is 23.4 Å². The number of nitrogens with one attached hydrogen (secondary N) is 1. The number of amides is 1. The molecule has 1 amide bonds. The van der Waals surface area contributed by atoms with Crippen molar-refractivity contribution in [2.45, 2.75) is 57.3 Å². The Balaban J connectivity index is 1.54. The Hall–Kier alpha value is -2.82. The summed E-state index contributed by atoms with van der Waals surface area (Å²) >= 11 is 1.42. The van der Waals surface area contributed by atoms with Gasteiger partial charge in [0.05, 0.1) is 16.9 Å². The lowest BCUT2D eigenvalue weighted by Crippen LogP contribution is -2.30. The van der Waals surface area contributed by atoms with E-state index in [1.807, 2.05) is 25.0 Å². The number of nitrogens with zero attached hydrogens (tertiary/aromatic N) is 5.